The summed E-state index contributed by atoms with van der Waals surface area (Å²) in [5.41, 5.74) is 2.44. The van der Waals surface area contributed by atoms with Crippen molar-refractivity contribution in [1.29, 1.82) is 0 Å². The second-order valence-corrected chi connectivity index (χ2v) is 6.17. The molecule has 1 N–H and O–H groups in total. The van der Waals surface area contributed by atoms with Crippen molar-refractivity contribution < 1.29 is 4.79 Å². The molecule has 1 aromatic rings. The van der Waals surface area contributed by atoms with Crippen molar-refractivity contribution in [2.45, 2.75) is 38.9 Å². The molecular weight excluding hydrogens is 262 g/mol. The van der Waals surface area contributed by atoms with Crippen molar-refractivity contribution in [3.8, 4) is 0 Å². The number of carbonyl (C=O) groups is 1. The van der Waals surface area contributed by atoms with Gasteiger partial charge in [-0.3, -0.25) is 15.0 Å². The molecule has 2 heterocycles. The van der Waals surface area contributed by atoms with Crippen molar-refractivity contribution in [2.24, 2.45) is 0 Å². The Morgan fingerprint density at radius 3 is 3.00 bits per heavy atom. The highest BCUT2D eigenvalue weighted by molar-refractivity contribution is 5.81. The number of amides is 1. The molecular formula is C17H25N3O. The van der Waals surface area contributed by atoms with E-state index < -0.39 is 0 Å². The maximum Gasteiger partial charge on any atom is 0.238 e. The van der Waals surface area contributed by atoms with E-state index in [0.717, 1.165) is 13.1 Å². The summed E-state index contributed by atoms with van der Waals surface area (Å²) in [7, 11) is 0. The number of carbonyl (C=O) groups excluding carboxylic acids is 1. The molecule has 0 saturated carbocycles. The highest BCUT2D eigenvalue weighted by atomic mass is 16.2. The van der Waals surface area contributed by atoms with Crippen molar-refractivity contribution in [1.82, 2.24) is 15.1 Å². The molecule has 0 bridgehead atoms. The zero-order valence-electron chi connectivity index (χ0n) is 13.0. The summed E-state index contributed by atoms with van der Waals surface area (Å²) in [4.78, 5) is 16.8. The summed E-state index contributed by atoms with van der Waals surface area (Å²) >= 11 is 0. The summed E-state index contributed by atoms with van der Waals surface area (Å²) in [6.07, 6.45) is 2.50. The van der Waals surface area contributed by atoms with Crippen molar-refractivity contribution >= 4 is 5.91 Å². The van der Waals surface area contributed by atoms with E-state index in [1.54, 1.807) is 0 Å². The molecule has 1 amide bonds. The van der Waals surface area contributed by atoms with Crippen LogP contribution < -0.4 is 5.32 Å². The van der Waals surface area contributed by atoms with Crippen LogP contribution in [0.15, 0.2) is 24.3 Å². The van der Waals surface area contributed by atoms with Gasteiger partial charge in [-0.1, -0.05) is 36.8 Å². The first-order valence-corrected chi connectivity index (χ1v) is 8.02. The molecule has 1 aromatic carbocycles. The van der Waals surface area contributed by atoms with E-state index in [9.17, 15) is 4.79 Å². The highest BCUT2D eigenvalue weighted by Gasteiger charge is 2.35. The van der Waals surface area contributed by atoms with Crippen LogP contribution in [0.3, 0.4) is 0 Å². The fourth-order valence-electron chi connectivity index (χ4n) is 3.63. The average Bonchev–Trinajstić information content (AvgIpc) is 3.07. The number of hydrogen-bond acceptors (Lipinski definition) is 3. The number of nitrogens with zero attached hydrogens (tertiary/aromatic N) is 2. The number of likely N-dealkylation sites (tertiary alicyclic amines) is 1. The van der Waals surface area contributed by atoms with Gasteiger partial charge < -0.3 is 4.90 Å². The van der Waals surface area contributed by atoms with Gasteiger partial charge in [-0.15, -0.1) is 0 Å². The molecule has 2 fully saturated rings. The molecule has 2 saturated heterocycles. The Bertz CT molecular complexity index is 517. The smallest absolute Gasteiger partial charge is 0.238 e. The van der Waals surface area contributed by atoms with Gasteiger partial charge in [0.05, 0.1) is 6.54 Å². The van der Waals surface area contributed by atoms with Crippen LogP contribution >= 0.6 is 0 Å². The van der Waals surface area contributed by atoms with Gasteiger partial charge in [-0.05, 0) is 38.4 Å². The molecule has 0 aliphatic carbocycles. The third-order valence-electron chi connectivity index (χ3n) is 4.75. The van der Waals surface area contributed by atoms with Gasteiger partial charge in [0.2, 0.25) is 5.91 Å². The molecule has 2 aliphatic heterocycles. The lowest BCUT2D eigenvalue weighted by atomic mass is 10.1. The Hall–Kier alpha value is -1.39. The monoisotopic (exact) mass is 287 g/mol. The summed E-state index contributed by atoms with van der Waals surface area (Å²) < 4.78 is 0. The Morgan fingerprint density at radius 2 is 2.24 bits per heavy atom. The summed E-state index contributed by atoms with van der Waals surface area (Å²) in [5, 5.41) is 3.36. The third kappa shape index (κ3) is 2.97. The first-order chi connectivity index (χ1) is 10.2. The Morgan fingerprint density at radius 1 is 1.38 bits per heavy atom. The van der Waals surface area contributed by atoms with E-state index in [2.05, 4.69) is 48.3 Å². The number of likely N-dealkylation sites (N-methyl/N-ethyl adjacent to an activating group) is 1. The molecule has 4 nitrogen and oxygen atoms in total. The van der Waals surface area contributed by atoms with Crippen molar-refractivity contribution in [3.05, 3.63) is 35.4 Å². The molecule has 2 atom stereocenters. The summed E-state index contributed by atoms with van der Waals surface area (Å²) in [5.74, 6) is 0.226. The van der Waals surface area contributed by atoms with Gasteiger partial charge in [0, 0.05) is 12.6 Å². The predicted octanol–water partition coefficient (Wildman–Crippen LogP) is 1.91. The van der Waals surface area contributed by atoms with Crippen LogP contribution in [-0.2, 0) is 4.79 Å². The second kappa shape index (κ2) is 6.16. The number of hydrogen-bond donors (Lipinski definition) is 1. The van der Waals surface area contributed by atoms with E-state index in [0.29, 0.717) is 12.6 Å². The highest BCUT2D eigenvalue weighted by Crippen LogP contribution is 2.26. The average molecular weight is 287 g/mol. The quantitative estimate of drug-likeness (QED) is 0.919. The molecule has 3 rings (SSSR count). The van der Waals surface area contributed by atoms with E-state index in [1.165, 1.54) is 30.5 Å². The van der Waals surface area contributed by atoms with Gasteiger partial charge in [0.15, 0.2) is 0 Å². The minimum atomic E-state index is 0.0386. The lowest BCUT2D eigenvalue weighted by molar-refractivity contribution is -0.128. The number of nitrogens with one attached hydrogen (secondary N) is 1. The fourth-order valence-corrected chi connectivity index (χ4v) is 3.63. The van der Waals surface area contributed by atoms with Gasteiger partial charge >= 0.3 is 0 Å². The maximum absolute atomic E-state index is 12.3. The van der Waals surface area contributed by atoms with Gasteiger partial charge in [-0.2, -0.15) is 0 Å². The molecule has 0 radical (unpaired) electrons. The van der Waals surface area contributed by atoms with Crippen LogP contribution in [0.4, 0.5) is 0 Å². The van der Waals surface area contributed by atoms with Gasteiger partial charge in [0.25, 0.3) is 0 Å². The zero-order valence-corrected chi connectivity index (χ0v) is 13.0. The van der Waals surface area contributed by atoms with Crippen LogP contribution in [0.25, 0.3) is 0 Å². The molecule has 114 valence electrons. The fraction of sp³-hybridized carbons (Fsp3) is 0.588. The third-order valence-corrected chi connectivity index (χ3v) is 4.75. The molecule has 4 heteroatoms. The first kappa shape index (κ1) is 14.5. The van der Waals surface area contributed by atoms with E-state index in [4.69, 9.17) is 0 Å². The van der Waals surface area contributed by atoms with Crippen LogP contribution in [0.1, 0.15) is 37.1 Å². The molecule has 2 unspecified atom stereocenters. The maximum atomic E-state index is 12.3. The summed E-state index contributed by atoms with van der Waals surface area (Å²) in [6.45, 7) is 7.86. The Labute approximate surface area is 127 Å². The molecule has 0 aromatic heterocycles. The van der Waals surface area contributed by atoms with E-state index >= 15 is 0 Å². The molecule has 2 aliphatic rings. The number of aryl methyl sites for hydroxylation is 1. The predicted molar refractivity (Wildman–Crippen MR) is 83.9 cm³/mol. The lowest BCUT2D eigenvalue weighted by Gasteiger charge is -2.31. The van der Waals surface area contributed by atoms with Gasteiger partial charge in [0.1, 0.15) is 6.17 Å². The number of benzene rings is 1. The Kier molecular flexibility index (Phi) is 4.27. The second-order valence-electron chi connectivity index (χ2n) is 6.17. The van der Waals surface area contributed by atoms with Crippen LogP contribution in [-0.4, -0.2) is 47.9 Å². The molecule has 0 spiro atoms. The zero-order chi connectivity index (χ0) is 14.8. The Balaban J connectivity index is 1.76. The number of rotatable bonds is 4. The van der Waals surface area contributed by atoms with Crippen LogP contribution in [0.5, 0.6) is 0 Å². The lowest BCUT2D eigenvalue weighted by Crippen LogP contribution is -2.42. The van der Waals surface area contributed by atoms with Gasteiger partial charge in [-0.25, -0.2) is 0 Å². The van der Waals surface area contributed by atoms with E-state index in [1.807, 2.05) is 4.90 Å². The van der Waals surface area contributed by atoms with Crippen molar-refractivity contribution in [3.63, 3.8) is 0 Å². The SMILES string of the molecule is CCN1CCCC1CN1C(=O)CNC1c1cccc(C)c1. The minimum absolute atomic E-state index is 0.0386. The standard InChI is InChI=1S/C17H25N3O/c1-3-19-9-5-8-15(19)12-20-16(21)11-18-17(20)14-7-4-6-13(2)10-14/h4,6-7,10,15,17-18H,3,5,8-9,11-12H2,1-2H3. The van der Waals surface area contributed by atoms with Crippen LogP contribution in [0.2, 0.25) is 0 Å². The first-order valence-electron chi connectivity index (χ1n) is 8.02. The van der Waals surface area contributed by atoms with Crippen LogP contribution in [0, 0.1) is 6.92 Å². The summed E-state index contributed by atoms with van der Waals surface area (Å²) in [6, 6.07) is 8.98. The topological polar surface area (TPSA) is 35.6 Å². The molecule has 21 heavy (non-hydrogen) atoms. The largest absolute Gasteiger partial charge is 0.320 e. The normalized spacial score (nSPS) is 26.8. The van der Waals surface area contributed by atoms with E-state index in [-0.39, 0.29) is 12.1 Å². The van der Waals surface area contributed by atoms with Crippen molar-refractivity contribution in [2.75, 3.05) is 26.2 Å². The minimum Gasteiger partial charge on any atom is -0.320 e.